The molecule has 0 aromatic carbocycles. The molecule has 2 heteroatoms. The van der Waals surface area contributed by atoms with Crippen molar-refractivity contribution in [2.45, 2.75) is 12.5 Å². The minimum Gasteiger partial charge on any atom is -0.380 e. The molecule has 1 saturated heterocycles. The van der Waals surface area contributed by atoms with Gasteiger partial charge < -0.3 is 10.1 Å². The first-order valence-corrected chi connectivity index (χ1v) is 2.68. The van der Waals surface area contributed by atoms with E-state index in [9.17, 15) is 0 Å². The number of nitrogens with one attached hydrogen (secondary N) is 1. The first kappa shape index (κ1) is 5.06. The molecule has 1 N–H and O–H groups in total. The summed E-state index contributed by atoms with van der Waals surface area (Å²) in [5, 5.41) is 3.14. The summed E-state index contributed by atoms with van der Waals surface area (Å²) >= 11 is 0. The maximum atomic E-state index is 5.09. The van der Waals surface area contributed by atoms with Crippen molar-refractivity contribution in [2.75, 3.05) is 20.3 Å². The standard InChI is InChI=1S/C5H11NO/c1-6-5-2-3-7-4-5/h5-6H,2-4H2,1H3/t5-/m0/s1. The quantitative estimate of drug-likeness (QED) is 0.501. The first-order valence-electron chi connectivity index (χ1n) is 2.68. The van der Waals surface area contributed by atoms with Crippen LogP contribution in [0.15, 0.2) is 0 Å². The van der Waals surface area contributed by atoms with E-state index >= 15 is 0 Å². The van der Waals surface area contributed by atoms with Crippen molar-refractivity contribution in [3.63, 3.8) is 0 Å². The number of rotatable bonds is 1. The van der Waals surface area contributed by atoms with Crippen LogP contribution < -0.4 is 5.32 Å². The van der Waals surface area contributed by atoms with Crippen LogP contribution >= 0.6 is 0 Å². The summed E-state index contributed by atoms with van der Waals surface area (Å²) in [6.07, 6.45) is 1.18. The Balaban J connectivity index is 2.14. The highest BCUT2D eigenvalue weighted by Crippen LogP contribution is 2.00. The van der Waals surface area contributed by atoms with Crippen molar-refractivity contribution in [1.29, 1.82) is 0 Å². The fraction of sp³-hybridized carbons (Fsp3) is 1.00. The smallest absolute Gasteiger partial charge is 0.0620 e. The lowest BCUT2D eigenvalue weighted by Crippen LogP contribution is -2.24. The molecule has 1 aliphatic heterocycles. The number of hydrogen-bond acceptors (Lipinski definition) is 2. The Hall–Kier alpha value is -0.0800. The van der Waals surface area contributed by atoms with Crippen molar-refractivity contribution < 1.29 is 4.74 Å². The van der Waals surface area contributed by atoms with Gasteiger partial charge in [0.1, 0.15) is 0 Å². The van der Waals surface area contributed by atoms with Crippen molar-refractivity contribution in [3.05, 3.63) is 0 Å². The molecular weight excluding hydrogens is 90.1 g/mol. The Labute approximate surface area is 43.9 Å². The molecule has 0 saturated carbocycles. The van der Waals surface area contributed by atoms with Crippen LogP contribution in [-0.4, -0.2) is 26.3 Å². The summed E-state index contributed by atoms with van der Waals surface area (Å²) in [4.78, 5) is 0. The van der Waals surface area contributed by atoms with E-state index in [4.69, 9.17) is 4.74 Å². The molecular formula is C5H11NO. The van der Waals surface area contributed by atoms with Crippen LogP contribution in [0.25, 0.3) is 0 Å². The van der Waals surface area contributed by atoms with Gasteiger partial charge in [-0.3, -0.25) is 0 Å². The van der Waals surface area contributed by atoms with Crippen molar-refractivity contribution in [3.8, 4) is 0 Å². The van der Waals surface area contributed by atoms with Gasteiger partial charge in [-0.1, -0.05) is 0 Å². The summed E-state index contributed by atoms with van der Waals surface area (Å²) < 4.78 is 5.09. The van der Waals surface area contributed by atoms with Crippen LogP contribution in [0, 0.1) is 0 Å². The zero-order valence-corrected chi connectivity index (χ0v) is 4.61. The molecule has 0 aromatic heterocycles. The molecule has 1 rings (SSSR count). The topological polar surface area (TPSA) is 21.3 Å². The van der Waals surface area contributed by atoms with E-state index in [0.717, 1.165) is 13.2 Å². The molecule has 0 bridgehead atoms. The highest BCUT2D eigenvalue weighted by atomic mass is 16.5. The molecule has 1 heterocycles. The van der Waals surface area contributed by atoms with E-state index in [2.05, 4.69) is 5.32 Å². The van der Waals surface area contributed by atoms with E-state index in [0.29, 0.717) is 6.04 Å². The minimum atomic E-state index is 0.625. The lowest BCUT2D eigenvalue weighted by molar-refractivity contribution is 0.191. The van der Waals surface area contributed by atoms with Gasteiger partial charge in [0.15, 0.2) is 0 Å². The molecule has 0 spiro atoms. The monoisotopic (exact) mass is 101 g/mol. The van der Waals surface area contributed by atoms with Gasteiger partial charge in [0.05, 0.1) is 6.61 Å². The van der Waals surface area contributed by atoms with Gasteiger partial charge in [-0.2, -0.15) is 0 Å². The Bertz CT molecular complexity index is 50.0. The second-order valence-corrected chi connectivity index (χ2v) is 1.85. The summed E-state index contributed by atoms with van der Waals surface area (Å²) in [6, 6.07) is 0.625. The third-order valence-electron chi connectivity index (χ3n) is 1.34. The summed E-state index contributed by atoms with van der Waals surface area (Å²) in [6.45, 7) is 1.84. The molecule has 42 valence electrons. The first-order chi connectivity index (χ1) is 3.43. The van der Waals surface area contributed by atoms with Gasteiger partial charge in [-0.25, -0.2) is 0 Å². The Morgan fingerprint density at radius 1 is 1.71 bits per heavy atom. The Morgan fingerprint density at radius 3 is 2.86 bits per heavy atom. The molecule has 2 nitrogen and oxygen atoms in total. The van der Waals surface area contributed by atoms with Gasteiger partial charge >= 0.3 is 0 Å². The molecule has 0 aliphatic carbocycles. The summed E-state index contributed by atoms with van der Waals surface area (Å²) in [5.74, 6) is 0. The third-order valence-corrected chi connectivity index (χ3v) is 1.34. The average molecular weight is 101 g/mol. The van der Waals surface area contributed by atoms with Crippen LogP contribution in [0.5, 0.6) is 0 Å². The highest BCUT2D eigenvalue weighted by Gasteiger charge is 2.11. The van der Waals surface area contributed by atoms with Crippen LogP contribution in [0.1, 0.15) is 6.42 Å². The van der Waals surface area contributed by atoms with Gasteiger partial charge in [0.25, 0.3) is 0 Å². The second kappa shape index (κ2) is 2.28. The summed E-state index contributed by atoms with van der Waals surface area (Å²) in [7, 11) is 1.97. The third kappa shape index (κ3) is 1.14. The van der Waals surface area contributed by atoms with Crippen LogP contribution in [0.4, 0.5) is 0 Å². The van der Waals surface area contributed by atoms with Gasteiger partial charge in [-0.05, 0) is 13.5 Å². The molecule has 7 heavy (non-hydrogen) atoms. The maximum absolute atomic E-state index is 5.09. The number of likely N-dealkylation sites (N-methyl/N-ethyl adjacent to an activating group) is 1. The number of hydrogen-bond donors (Lipinski definition) is 1. The highest BCUT2D eigenvalue weighted by molar-refractivity contribution is 4.67. The number of ether oxygens (including phenoxy) is 1. The fourth-order valence-electron chi connectivity index (χ4n) is 0.762. The lowest BCUT2D eigenvalue weighted by atomic mass is 10.3. The predicted molar refractivity (Wildman–Crippen MR) is 28.3 cm³/mol. The molecule has 0 radical (unpaired) electrons. The van der Waals surface area contributed by atoms with Gasteiger partial charge in [0.2, 0.25) is 0 Å². The lowest BCUT2D eigenvalue weighted by Gasteiger charge is -2.01. The van der Waals surface area contributed by atoms with E-state index in [1.807, 2.05) is 7.05 Å². The van der Waals surface area contributed by atoms with Crippen molar-refractivity contribution in [2.24, 2.45) is 0 Å². The zero-order valence-electron chi connectivity index (χ0n) is 4.61. The molecule has 1 atom stereocenters. The predicted octanol–water partition coefficient (Wildman–Crippen LogP) is -0.00530. The van der Waals surface area contributed by atoms with Gasteiger partial charge in [0, 0.05) is 12.6 Å². The normalized spacial score (nSPS) is 31.3. The molecule has 0 aromatic rings. The molecule has 1 aliphatic rings. The maximum Gasteiger partial charge on any atom is 0.0620 e. The second-order valence-electron chi connectivity index (χ2n) is 1.85. The largest absolute Gasteiger partial charge is 0.380 e. The average Bonchev–Trinajstić information content (AvgIpc) is 2.14. The Kier molecular flexibility index (Phi) is 1.65. The molecule has 0 amide bonds. The van der Waals surface area contributed by atoms with E-state index < -0.39 is 0 Å². The zero-order chi connectivity index (χ0) is 5.11. The van der Waals surface area contributed by atoms with Crippen LogP contribution in [-0.2, 0) is 4.74 Å². The van der Waals surface area contributed by atoms with Crippen LogP contribution in [0.2, 0.25) is 0 Å². The van der Waals surface area contributed by atoms with Crippen molar-refractivity contribution in [1.82, 2.24) is 5.32 Å². The minimum absolute atomic E-state index is 0.625. The molecule has 0 unspecified atom stereocenters. The van der Waals surface area contributed by atoms with Crippen molar-refractivity contribution >= 4 is 0 Å². The van der Waals surface area contributed by atoms with E-state index in [1.54, 1.807) is 0 Å². The SMILES string of the molecule is CN[C@H]1CCOC1. The Morgan fingerprint density at radius 2 is 2.57 bits per heavy atom. The molecule has 1 fully saturated rings. The van der Waals surface area contributed by atoms with E-state index in [1.165, 1.54) is 6.42 Å². The fourth-order valence-corrected chi connectivity index (χ4v) is 0.762. The van der Waals surface area contributed by atoms with E-state index in [-0.39, 0.29) is 0 Å². The van der Waals surface area contributed by atoms with Gasteiger partial charge in [-0.15, -0.1) is 0 Å². The summed E-state index contributed by atoms with van der Waals surface area (Å²) in [5.41, 5.74) is 0. The van der Waals surface area contributed by atoms with Crippen LogP contribution in [0.3, 0.4) is 0 Å².